The lowest BCUT2D eigenvalue weighted by Gasteiger charge is -2.31. The van der Waals surface area contributed by atoms with Crippen LogP contribution in [0.15, 0.2) is 10.6 Å². The van der Waals surface area contributed by atoms with Crippen LogP contribution in [0.2, 0.25) is 0 Å². The molecule has 0 aromatic carbocycles. The Hall–Kier alpha value is -2.05. The number of hydrogen-bond acceptors (Lipinski definition) is 5. The Morgan fingerprint density at radius 1 is 1.56 bits per heavy atom. The fourth-order valence-corrected chi connectivity index (χ4v) is 2.03. The van der Waals surface area contributed by atoms with Crippen LogP contribution in [0.3, 0.4) is 0 Å². The number of ether oxygens (including phenoxy) is 1. The van der Waals surface area contributed by atoms with Gasteiger partial charge in [-0.3, -0.25) is 4.79 Å². The number of carbonyl (C=O) groups excluding carboxylic acids is 1. The van der Waals surface area contributed by atoms with E-state index in [9.17, 15) is 9.59 Å². The molecule has 18 heavy (non-hydrogen) atoms. The molecule has 0 saturated carbocycles. The van der Waals surface area contributed by atoms with E-state index in [1.54, 1.807) is 0 Å². The summed E-state index contributed by atoms with van der Waals surface area (Å²) in [4.78, 5) is 24.5. The average molecular weight is 254 g/mol. The first kappa shape index (κ1) is 12.4. The van der Waals surface area contributed by atoms with Gasteiger partial charge in [-0.05, 0) is 24.4 Å². The molecule has 0 radical (unpaired) electrons. The third kappa shape index (κ3) is 2.29. The predicted molar refractivity (Wildman–Crippen MR) is 59.4 cm³/mol. The summed E-state index contributed by atoms with van der Waals surface area (Å²) in [5.74, 6) is -1.25. The summed E-state index contributed by atoms with van der Waals surface area (Å²) in [6, 6.07) is 0.567. The molecule has 1 fully saturated rings. The van der Waals surface area contributed by atoms with E-state index < -0.39 is 17.9 Å². The summed E-state index contributed by atoms with van der Waals surface area (Å²) >= 11 is 0. The summed E-state index contributed by atoms with van der Waals surface area (Å²) in [6.45, 7) is 0.415. The quantitative estimate of drug-likeness (QED) is 0.856. The number of carboxylic acids is 1. The highest BCUT2D eigenvalue weighted by atomic mass is 16.5. The first-order valence-electron chi connectivity index (χ1n) is 5.68. The molecular weight excluding hydrogens is 240 g/mol. The zero-order valence-electron chi connectivity index (χ0n) is 9.96. The smallest absolute Gasteiger partial charge is 0.326 e. The van der Waals surface area contributed by atoms with Crippen molar-refractivity contribution >= 4 is 11.9 Å². The summed E-state index contributed by atoms with van der Waals surface area (Å²) in [5, 5.41) is 12.6. The van der Waals surface area contributed by atoms with Crippen LogP contribution in [0.5, 0.6) is 5.88 Å². The number of aromatic nitrogens is 1. The molecule has 2 heterocycles. The van der Waals surface area contributed by atoms with Crippen molar-refractivity contribution in [2.75, 3.05) is 13.7 Å². The minimum atomic E-state index is -0.991. The number of carboxylic acid groups (broad SMARTS) is 1. The lowest BCUT2D eigenvalue weighted by atomic mass is 10.0. The predicted octanol–water partition coefficient (Wildman–Crippen LogP) is 0.762. The Morgan fingerprint density at radius 2 is 2.33 bits per heavy atom. The van der Waals surface area contributed by atoms with Gasteiger partial charge in [0.05, 0.1) is 13.2 Å². The van der Waals surface area contributed by atoms with Crippen LogP contribution >= 0.6 is 0 Å². The van der Waals surface area contributed by atoms with E-state index in [1.807, 2.05) is 0 Å². The van der Waals surface area contributed by atoms with Crippen LogP contribution in [0.1, 0.15) is 29.8 Å². The highest BCUT2D eigenvalue weighted by Gasteiger charge is 2.34. The lowest BCUT2D eigenvalue weighted by molar-refractivity contribution is -0.143. The Bertz CT molecular complexity index is 456. The SMILES string of the molecule is COc1cc(C(=O)N2CCCC[C@@H]2C(=O)O)on1. The van der Waals surface area contributed by atoms with Gasteiger partial charge in [-0.2, -0.15) is 0 Å². The van der Waals surface area contributed by atoms with E-state index in [0.717, 1.165) is 12.8 Å². The molecule has 1 aliphatic heterocycles. The van der Waals surface area contributed by atoms with E-state index in [1.165, 1.54) is 18.1 Å². The molecular formula is C11H14N2O5. The number of rotatable bonds is 3. The number of amides is 1. The van der Waals surface area contributed by atoms with Crippen LogP contribution < -0.4 is 4.74 Å². The molecule has 1 aromatic rings. The molecule has 0 spiro atoms. The normalized spacial score (nSPS) is 19.6. The monoisotopic (exact) mass is 254 g/mol. The second kappa shape index (κ2) is 5.07. The zero-order chi connectivity index (χ0) is 13.1. The van der Waals surface area contributed by atoms with Gasteiger partial charge in [0.2, 0.25) is 5.76 Å². The maximum Gasteiger partial charge on any atom is 0.326 e. The topological polar surface area (TPSA) is 92.9 Å². The summed E-state index contributed by atoms with van der Waals surface area (Å²) in [5.41, 5.74) is 0. The molecule has 2 rings (SSSR count). The largest absolute Gasteiger partial charge is 0.480 e. The molecule has 0 aliphatic carbocycles. The number of carbonyl (C=O) groups is 2. The van der Waals surface area contributed by atoms with Crippen molar-refractivity contribution in [2.24, 2.45) is 0 Å². The Morgan fingerprint density at radius 3 is 2.94 bits per heavy atom. The number of aliphatic carboxylic acids is 1. The van der Waals surface area contributed by atoms with Crippen molar-refractivity contribution in [1.29, 1.82) is 0 Å². The van der Waals surface area contributed by atoms with Gasteiger partial charge in [-0.15, -0.1) is 0 Å². The maximum atomic E-state index is 12.1. The second-order valence-corrected chi connectivity index (χ2v) is 4.08. The van der Waals surface area contributed by atoms with Gasteiger partial charge in [0.15, 0.2) is 0 Å². The molecule has 98 valence electrons. The molecule has 1 aliphatic rings. The molecule has 0 bridgehead atoms. The van der Waals surface area contributed by atoms with E-state index in [0.29, 0.717) is 13.0 Å². The van der Waals surface area contributed by atoms with Crippen molar-refractivity contribution in [3.63, 3.8) is 0 Å². The first-order chi connectivity index (χ1) is 8.63. The molecule has 1 atom stereocenters. The van der Waals surface area contributed by atoms with E-state index >= 15 is 0 Å². The minimum absolute atomic E-state index is 0.000000000000000444. The van der Waals surface area contributed by atoms with Gasteiger partial charge in [-0.1, -0.05) is 0 Å². The lowest BCUT2D eigenvalue weighted by Crippen LogP contribution is -2.47. The maximum absolute atomic E-state index is 12.1. The second-order valence-electron chi connectivity index (χ2n) is 4.08. The number of methoxy groups -OCH3 is 1. The van der Waals surface area contributed by atoms with Crippen LogP contribution in [-0.2, 0) is 4.79 Å². The molecule has 0 unspecified atom stereocenters. The fourth-order valence-electron chi connectivity index (χ4n) is 2.03. The molecule has 1 aromatic heterocycles. The molecule has 1 amide bonds. The molecule has 7 nitrogen and oxygen atoms in total. The average Bonchev–Trinajstić information content (AvgIpc) is 2.86. The molecule has 1 N–H and O–H groups in total. The van der Waals surface area contributed by atoms with Gasteiger partial charge < -0.3 is 19.3 Å². The summed E-state index contributed by atoms with van der Waals surface area (Å²) < 4.78 is 9.65. The summed E-state index contributed by atoms with van der Waals surface area (Å²) in [6.07, 6.45) is 2.06. The van der Waals surface area contributed by atoms with Crippen LogP contribution in [-0.4, -0.2) is 46.7 Å². The van der Waals surface area contributed by atoms with Crippen LogP contribution in [0.25, 0.3) is 0 Å². The highest BCUT2D eigenvalue weighted by molar-refractivity contribution is 5.94. The Kier molecular flexibility index (Phi) is 3.50. The zero-order valence-corrected chi connectivity index (χ0v) is 9.96. The van der Waals surface area contributed by atoms with E-state index in [2.05, 4.69) is 5.16 Å². The number of nitrogens with zero attached hydrogens (tertiary/aromatic N) is 2. The third-order valence-electron chi connectivity index (χ3n) is 2.96. The number of hydrogen-bond donors (Lipinski definition) is 1. The van der Waals surface area contributed by atoms with Crippen LogP contribution in [0, 0.1) is 0 Å². The number of likely N-dealkylation sites (tertiary alicyclic amines) is 1. The van der Waals surface area contributed by atoms with E-state index in [-0.39, 0.29) is 11.6 Å². The van der Waals surface area contributed by atoms with Gasteiger partial charge >= 0.3 is 5.97 Å². The van der Waals surface area contributed by atoms with E-state index in [4.69, 9.17) is 14.4 Å². The van der Waals surface area contributed by atoms with Crippen molar-refractivity contribution < 1.29 is 24.0 Å². The van der Waals surface area contributed by atoms with Crippen molar-refractivity contribution in [3.8, 4) is 5.88 Å². The fraction of sp³-hybridized carbons (Fsp3) is 0.545. The molecule has 1 saturated heterocycles. The van der Waals surface area contributed by atoms with Crippen molar-refractivity contribution in [1.82, 2.24) is 10.1 Å². The summed E-state index contributed by atoms with van der Waals surface area (Å²) in [7, 11) is 1.41. The standard InChI is InChI=1S/C11H14N2O5/c1-17-9-6-8(18-12-9)10(14)13-5-3-2-4-7(13)11(15)16/h6-7H,2-5H2,1H3,(H,15,16)/t7-/m1/s1. The first-order valence-corrected chi connectivity index (χ1v) is 5.68. The van der Waals surface area contributed by atoms with Crippen molar-refractivity contribution in [3.05, 3.63) is 11.8 Å². The molecule has 7 heteroatoms. The van der Waals surface area contributed by atoms with Gasteiger partial charge in [0, 0.05) is 6.54 Å². The Labute approximate surface area is 103 Å². The van der Waals surface area contributed by atoms with Gasteiger partial charge in [0.1, 0.15) is 6.04 Å². The minimum Gasteiger partial charge on any atom is -0.480 e. The van der Waals surface area contributed by atoms with Crippen molar-refractivity contribution in [2.45, 2.75) is 25.3 Å². The number of piperidine rings is 1. The van der Waals surface area contributed by atoms with Gasteiger partial charge in [0.25, 0.3) is 11.8 Å². The highest BCUT2D eigenvalue weighted by Crippen LogP contribution is 2.21. The van der Waals surface area contributed by atoms with Gasteiger partial charge in [-0.25, -0.2) is 4.79 Å². The Balaban J connectivity index is 2.17. The van der Waals surface area contributed by atoms with Crippen LogP contribution in [0.4, 0.5) is 0 Å². The third-order valence-corrected chi connectivity index (χ3v) is 2.96.